The zero-order chi connectivity index (χ0) is 12.3. The first-order chi connectivity index (χ1) is 8.11. The number of nitrogens with one attached hydrogen (secondary N) is 1. The van der Waals surface area contributed by atoms with Crippen LogP contribution in [0, 0.1) is 5.41 Å². The summed E-state index contributed by atoms with van der Waals surface area (Å²) in [6.45, 7) is 8.58. The maximum absolute atomic E-state index is 4.15. The molecule has 1 aliphatic rings. The van der Waals surface area contributed by atoms with Gasteiger partial charge in [0.25, 0.3) is 0 Å². The lowest BCUT2D eigenvalue weighted by atomic mass is 9.88. The highest BCUT2D eigenvalue weighted by Gasteiger charge is 2.28. The third kappa shape index (κ3) is 3.45. The Bertz CT molecular complexity index is 361. The molecule has 96 valence electrons. The molecule has 2 rings (SSSR count). The molecule has 4 nitrogen and oxygen atoms in total. The van der Waals surface area contributed by atoms with Gasteiger partial charge < -0.3 is 9.88 Å². The van der Waals surface area contributed by atoms with Crippen molar-refractivity contribution >= 4 is 11.8 Å². The summed E-state index contributed by atoms with van der Waals surface area (Å²) in [6.07, 6.45) is 3.05. The molecule has 2 heterocycles. The van der Waals surface area contributed by atoms with Gasteiger partial charge >= 0.3 is 0 Å². The first-order valence-electron chi connectivity index (χ1n) is 6.28. The average molecular weight is 254 g/mol. The van der Waals surface area contributed by atoms with Gasteiger partial charge in [-0.15, -0.1) is 10.2 Å². The SMILES string of the molecule is CCn1cnnc1CNC1CSCC(C)(C)C1. The van der Waals surface area contributed by atoms with E-state index >= 15 is 0 Å². The minimum atomic E-state index is 0.457. The fraction of sp³-hybridized carbons (Fsp3) is 0.833. The maximum Gasteiger partial charge on any atom is 0.146 e. The first kappa shape index (κ1) is 12.9. The third-order valence-corrected chi connectivity index (χ3v) is 4.82. The summed E-state index contributed by atoms with van der Waals surface area (Å²) >= 11 is 2.05. The molecule has 0 amide bonds. The Kier molecular flexibility index (Phi) is 4.09. The number of hydrogen-bond acceptors (Lipinski definition) is 4. The fourth-order valence-corrected chi connectivity index (χ4v) is 3.62. The second kappa shape index (κ2) is 5.40. The monoisotopic (exact) mass is 254 g/mol. The van der Waals surface area contributed by atoms with Gasteiger partial charge in [0.15, 0.2) is 0 Å². The number of aromatic nitrogens is 3. The molecule has 0 bridgehead atoms. The van der Waals surface area contributed by atoms with Crippen LogP contribution in [0.4, 0.5) is 0 Å². The quantitative estimate of drug-likeness (QED) is 0.891. The number of aryl methyl sites for hydroxylation is 1. The summed E-state index contributed by atoms with van der Waals surface area (Å²) in [5, 5.41) is 11.7. The van der Waals surface area contributed by atoms with Crippen molar-refractivity contribution < 1.29 is 0 Å². The summed E-state index contributed by atoms with van der Waals surface area (Å²) < 4.78 is 2.09. The van der Waals surface area contributed by atoms with Crippen molar-refractivity contribution in [3.63, 3.8) is 0 Å². The molecule has 0 saturated carbocycles. The first-order valence-corrected chi connectivity index (χ1v) is 7.44. The van der Waals surface area contributed by atoms with Crippen molar-refractivity contribution in [3.05, 3.63) is 12.2 Å². The van der Waals surface area contributed by atoms with E-state index in [1.165, 1.54) is 17.9 Å². The molecule has 1 fully saturated rings. The van der Waals surface area contributed by atoms with Crippen LogP contribution >= 0.6 is 11.8 Å². The van der Waals surface area contributed by atoms with E-state index in [-0.39, 0.29) is 0 Å². The molecule has 1 aromatic heterocycles. The van der Waals surface area contributed by atoms with E-state index in [9.17, 15) is 0 Å². The summed E-state index contributed by atoms with van der Waals surface area (Å²) in [5.74, 6) is 3.53. The molecule has 1 saturated heterocycles. The van der Waals surface area contributed by atoms with Crippen LogP contribution in [0.25, 0.3) is 0 Å². The predicted molar refractivity (Wildman–Crippen MR) is 72.0 cm³/mol. The van der Waals surface area contributed by atoms with E-state index in [1.807, 2.05) is 0 Å². The van der Waals surface area contributed by atoms with E-state index in [2.05, 4.69) is 52.6 Å². The Morgan fingerprint density at radius 1 is 1.59 bits per heavy atom. The zero-order valence-corrected chi connectivity index (χ0v) is 11.8. The van der Waals surface area contributed by atoms with E-state index < -0.39 is 0 Å². The van der Waals surface area contributed by atoms with Gasteiger partial charge in [0.05, 0.1) is 6.54 Å². The third-order valence-electron chi connectivity index (χ3n) is 3.20. The Morgan fingerprint density at radius 3 is 3.12 bits per heavy atom. The lowest BCUT2D eigenvalue weighted by Crippen LogP contribution is -2.40. The van der Waals surface area contributed by atoms with Crippen LogP contribution in [0.1, 0.15) is 33.0 Å². The summed E-state index contributed by atoms with van der Waals surface area (Å²) in [5.41, 5.74) is 0.457. The van der Waals surface area contributed by atoms with Crippen LogP contribution in [-0.4, -0.2) is 32.3 Å². The Balaban J connectivity index is 1.86. The molecule has 17 heavy (non-hydrogen) atoms. The fourth-order valence-electron chi connectivity index (χ4n) is 2.31. The van der Waals surface area contributed by atoms with E-state index in [4.69, 9.17) is 0 Å². The molecule has 0 spiro atoms. The molecule has 1 unspecified atom stereocenters. The Morgan fingerprint density at radius 2 is 2.41 bits per heavy atom. The van der Waals surface area contributed by atoms with E-state index in [0.717, 1.165) is 18.9 Å². The Labute approximate surface area is 108 Å². The number of thioether (sulfide) groups is 1. The maximum atomic E-state index is 4.15. The molecular weight excluding hydrogens is 232 g/mol. The molecule has 0 aromatic carbocycles. The van der Waals surface area contributed by atoms with Crippen molar-refractivity contribution in [1.82, 2.24) is 20.1 Å². The minimum absolute atomic E-state index is 0.457. The van der Waals surface area contributed by atoms with Crippen molar-refractivity contribution in [3.8, 4) is 0 Å². The van der Waals surface area contributed by atoms with E-state index in [0.29, 0.717) is 11.5 Å². The number of rotatable bonds is 4. The molecular formula is C12H22N4S. The van der Waals surface area contributed by atoms with Crippen LogP contribution in [0.3, 0.4) is 0 Å². The van der Waals surface area contributed by atoms with Crippen molar-refractivity contribution in [1.29, 1.82) is 0 Å². The highest BCUT2D eigenvalue weighted by atomic mass is 32.2. The summed E-state index contributed by atoms with van der Waals surface area (Å²) in [4.78, 5) is 0. The Hall–Kier alpha value is -0.550. The van der Waals surface area contributed by atoms with Crippen LogP contribution < -0.4 is 5.32 Å². The molecule has 1 aliphatic heterocycles. The van der Waals surface area contributed by atoms with Gasteiger partial charge in [0, 0.05) is 18.3 Å². The molecule has 1 N–H and O–H groups in total. The topological polar surface area (TPSA) is 42.7 Å². The highest BCUT2D eigenvalue weighted by Crippen LogP contribution is 2.33. The van der Waals surface area contributed by atoms with Gasteiger partial charge in [-0.2, -0.15) is 11.8 Å². The van der Waals surface area contributed by atoms with Crippen molar-refractivity contribution in [2.45, 2.75) is 46.3 Å². The van der Waals surface area contributed by atoms with Gasteiger partial charge in [0.2, 0.25) is 0 Å². The molecule has 5 heteroatoms. The van der Waals surface area contributed by atoms with Crippen molar-refractivity contribution in [2.24, 2.45) is 5.41 Å². The number of nitrogens with zero attached hydrogens (tertiary/aromatic N) is 3. The van der Waals surface area contributed by atoms with Crippen LogP contribution in [0.2, 0.25) is 0 Å². The summed E-state index contributed by atoms with van der Waals surface area (Å²) in [6, 6.07) is 0.603. The lowest BCUT2D eigenvalue weighted by Gasteiger charge is -2.35. The summed E-state index contributed by atoms with van der Waals surface area (Å²) in [7, 11) is 0. The van der Waals surface area contributed by atoms with Gasteiger partial charge in [-0.1, -0.05) is 13.8 Å². The van der Waals surface area contributed by atoms with Gasteiger partial charge in [-0.25, -0.2) is 0 Å². The molecule has 1 aromatic rings. The van der Waals surface area contributed by atoms with Crippen molar-refractivity contribution in [2.75, 3.05) is 11.5 Å². The van der Waals surface area contributed by atoms with Gasteiger partial charge in [-0.3, -0.25) is 0 Å². The van der Waals surface area contributed by atoms with Gasteiger partial charge in [0.1, 0.15) is 12.2 Å². The average Bonchev–Trinajstić information content (AvgIpc) is 2.72. The normalized spacial score (nSPS) is 23.8. The number of hydrogen-bond donors (Lipinski definition) is 1. The second-order valence-corrected chi connectivity index (χ2v) is 6.52. The van der Waals surface area contributed by atoms with E-state index in [1.54, 1.807) is 6.33 Å². The zero-order valence-electron chi connectivity index (χ0n) is 10.9. The highest BCUT2D eigenvalue weighted by molar-refractivity contribution is 7.99. The molecule has 0 radical (unpaired) electrons. The largest absolute Gasteiger partial charge is 0.317 e. The second-order valence-electron chi connectivity index (χ2n) is 5.49. The van der Waals surface area contributed by atoms with Crippen LogP contribution in [-0.2, 0) is 13.1 Å². The predicted octanol–water partition coefficient (Wildman–Crippen LogP) is 1.92. The smallest absolute Gasteiger partial charge is 0.146 e. The lowest BCUT2D eigenvalue weighted by molar-refractivity contribution is 0.315. The molecule has 1 atom stereocenters. The van der Waals surface area contributed by atoms with Gasteiger partial charge in [-0.05, 0) is 24.5 Å². The standard InChI is InChI=1S/C12H22N4S/c1-4-16-9-14-15-11(16)6-13-10-5-12(2,3)8-17-7-10/h9-10,13H,4-8H2,1-3H3. The molecule has 0 aliphatic carbocycles. The minimum Gasteiger partial charge on any atom is -0.317 e. The van der Waals surface area contributed by atoms with Crippen LogP contribution in [0.15, 0.2) is 6.33 Å². The van der Waals surface area contributed by atoms with Crippen LogP contribution in [0.5, 0.6) is 0 Å².